The topological polar surface area (TPSA) is 145 Å². The molecule has 0 amide bonds. The molecule has 0 radical (unpaired) electrons. The molecule has 1 N–H and O–H groups in total. The van der Waals surface area contributed by atoms with Gasteiger partial charge in [0.2, 0.25) is 5.88 Å². The van der Waals surface area contributed by atoms with E-state index >= 15 is 0 Å². The fraction of sp³-hybridized carbons (Fsp3) is 0.333. The third-order valence-corrected chi connectivity index (χ3v) is 6.52. The van der Waals surface area contributed by atoms with Crippen molar-refractivity contribution in [3.8, 4) is 0 Å². The Morgan fingerprint density at radius 2 is 1.55 bits per heavy atom. The summed E-state index contributed by atoms with van der Waals surface area (Å²) < 4.78 is 34.1. The SMILES string of the molecule is CC(C)(C)OC1=C(Nc2ccccc2[N+](=O)[O-])CCCN1S(=O)(=O)c1ccccc1[N+](=O)[O-]. The van der Waals surface area contributed by atoms with Crippen LogP contribution in [-0.2, 0) is 14.8 Å². The van der Waals surface area contributed by atoms with Crippen LogP contribution in [0, 0.1) is 20.2 Å². The summed E-state index contributed by atoms with van der Waals surface area (Å²) in [4.78, 5) is 21.1. The van der Waals surface area contributed by atoms with Gasteiger partial charge in [0.25, 0.3) is 21.4 Å². The Balaban J connectivity index is 2.16. The van der Waals surface area contributed by atoms with E-state index in [9.17, 15) is 28.6 Å². The van der Waals surface area contributed by atoms with Crippen LogP contribution in [0.1, 0.15) is 33.6 Å². The normalized spacial score (nSPS) is 14.7. The molecule has 0 aromatic heterocycles. The van der Waals surface area contributed by atoms with Crippen LogP contribution < -0.4 is 5.32 Å². The Morgan fingerprint density at radius 1 is 0.970 bits per heavy atom. The summed E-state index contributed by atoms with van der Waals surface area (Å²) in [5, 5.41) is 25.9. The van der Waals surface area contributed by atoms with Crippen molar-refractivity contribution in [2.24, 2.45) is 0 Å². The van der Waals surface area contributed by atoms with Crippen LogP contribution in [0.5, 0.6) is 0 Å². The molecule has 0 saturated carbocycles. The van der Waals surface area contributed by atoms with Gasteiger partial charge in [0.15, 0.2) is 4.90 Å². The number of nitrogens with one attached hydrogen (secondary N) is 1. The minimum absolute atomic E-state index is 0.0296. The lowest BCUT2D eigenvalue weighted by atomic mass is 10.1. The molecule has 0 atom stereocenters. The highest BCUT2D eigenvalue weighted by Crippen LogP contribution is 2.36. The van der Waals surface area contributed by atoms with Crippen LogP contribution in [0.15, 0.2) is 65.0 Å². The number of para-hydroxylation sites is 3. The van der Waals surface area contributed by atoms with Crippen molar-refractivity contribution >= 4 is 27.1 Å². The maximum atomic E-state index is 13.6. The molecule has 3 rings (SSSR count). The second kappa shape index (κ2) is 9.06. The number of allylic oxidation sites excluding steroid dienone is 1. The molecule has 2 aromatic carbocycles. The van der Waals surface area contributed by atoms with Gasteiger partial charge >= 0.3 is 0 Å². The highest BCUT2D eigenvalue weighted by atomic mass is 32.2. The number of nitrogens with zero attached hydrogens (tertiary/aromatic N) is 3. The van der Waals surface area contributed by atoms with Crippen LogP contribution in [0.3, 0.4) is 0 Å². The number of nitro groups is 2. The van der Waals surface area contributed by atoms with Crippen molar-refractivity contribution in [2.75, 3.05) is 11.9 Å². The number of ether oxygens (including phenoxy) is 1. The van der Waals surface area contributed by atoms with Crippen LogP contribution >= 0.6 is 0 Å². The maximum absolute atomic E-state index is 13.6. The molecule has 1 aliphatic heterocycles. The van der Waals surface area contributed by atoms with Gasteiger partial charge < -0.3 is 10.1 Å². The molecule has 33 heavy (non-hydrogen) atoms. The Hall–Kier alpha value is -3.67. The number of sulfonamides is 1. The fourth-order valence-corrected chi connectivity index (χ4v) is 4.98. The summed E-state index contributed by atoms with van der Waals surface area (Å²) in [6.07, 6.45) is 0.736. The highest BCUT2D eigenvalue weighted by molar-refractivity contribution is 7.89. The van der Waals surface area contributed by atoms with Gasteiger partial charge in [-0.1, -0.05) is 24.3 Å². The van der Waals surface area contributed by atoms with E-state index in [1.807, 2.05) is 0 Å². The molecule has 12 heteroatoms. The van der Waals surface area contributed by atoms with Crippen LogP contribution in [-0.4, -0.2) is 34.7 Å². The molecule has 176 valence electrons. The zero-order valence-corrected chi connectivity index (χ0v) is 19.2. The summed E-state index contributed by atoms with van der Waals surface area (Å²) in [5.74, 6) is -0.0509. The Labute approximate surface area is 191 Å². The smallest absolute Gasteiger partial charge is 0.292 e. The first-order valence-corrected chi connectivity index (χ1v) is 11.5. The largest absolute Gasteiger partial charge is 0.471 e. The van der Waals surface area contributed by atoms with E-state index < -0.39 is 36.1 Å². The van der Waals surface area contributed by atoms with Crippen molar-refractivity contribution in [1.82, 2.24) is 4.31 Å². The van der Waals surface area contributed by atoms with E-state index in [4.69, 9.17) is 4.74 Å². The lowest BCUT2D eigenvalue weighted by Crippen LogP contribution is -2.40. The number of anilines is 1. The standard InChI is InChI=1S/C21H24N4O7S/c1-21(2,3)32-20-16(22-15-9-4-5-11-17(15)24(26)27)10-8-14-23(20)33(30,31)19-13-7-6-12-18(19)25(28)29/h4-7,9,11-13,22H,8,10,14H2,1-3H3. The number of nitro benzene ring substituents is 2. The molecule has 11 nitrogen and oxygen atoms in total. The first-order chi connectivity index (χ1) is 15.4. The van der Waals surface area contributed by atoms with E-state index in [0.29, 0.717) is 18.5 Å². The average molecular weight is 477 g/mol. The summed E-state index contributed by atoms with van der Waals surface area (Å²) in [7, 11) is -4.38. The molecule has 0 spiro atoms. The van der Waals surface area contributed by atoms with E-state index in [0.717, 1.165) is 10.4 Å². The van der Waals surface area contributed by atoms with E-state index in [1.165, 1.54) is 36.4 Å². The molecule has 0 bridgehead atoms. The van der Waals surface area contributed by atoms with Gasteiger partial charge in [-0.2, -0.15) is 0 Å². The van der Waals surface area contributed by atoms with E-state index in [1.54, 1.807) is 26.8 Å². The fourth-order valence-electron chi connectivity index (χ4n) is 3.35. The predicted octanol–water partition coefficient (Wildman–Crippen LogP) is 4.38. The maximum Gasteiger partial charge on any atom is 0.292 e. The first kappa shape index (κ1) is 24.0. The number of hydrogen-bond donors (Lipinski definition) is 1. The lowest BCUT2D eigenvalue weighted by molar-refractivity contribution is -0.387. The second-order valence-electron chi connectivity index (χ2n) is 8.30. The molecule has 0 fully saturated rings. The van der Waals surface area contributed by atoms with Crippen LogP contribution in [0.2, 0.25) is 0 Å². The van der Waals surface area contributed by atoms with Crippen molar-refractivity contribution in [2.45, 2.75) is 44.1 Å². The molecule has 2 aromatic rings. The summed E-state index contributed by atoms with van der Waals surface area (Å²) in [6, 6.07) is 11.1. The third-order valence-electron chi connectivity index (χ3n) is 4.69. The third kappa shape index (κ3) is 5.22. The molecular weight excluding hydrogens is 452 g/mol. The van der Waals surface area contributed by atoms with Gasteiger partial charge in [0.05, 0.1) is 15.5 Å². The first-order valence-electron chi connectivity index (χ1n) is 10.1. The lowest BCUT2D eigenvalue weighted by Gasteiger charge is -2.36. The van der Waals surface area contributed by atoms with Gasteiger partial charge in [0, 0.05) is 18.7 Å². The minimum Gasteiger partial charge on any atom is -0.471 e. The highest BCUT2D eigenvalue weighted by Gasteiger charge is 2.38. The van der Waals surface area contributed by atoms with Crippen LogP contribution in [0.4, 0.5) is 17.1 Å². The average Bonchev–Trinajstić information content (AvgIpc) is 2.74. The molecule has 1 heterocycles. The van der Waals surface area contributed by atoms with Gasteiger partial charge in [-0.3, -0.25) is 20.2 Å². The summed E-state index contributed by atoms with van der Waals surface area (Å²) in [6.45, 7) is 5.22. The van der Waals surface area contributed by atoms with Gasteiger partial charge in [-0.25, -0.2) is 12.7 Å². The van der Waals surface area contributed by atoms with Gasteiger partial charge in [0.1, 0.15) is 11.3 Å². The molecule has 0 unspecified atom stereocenters. The molecular formula is C21H24N4O7S. The number of hydrogen-bond acceptors (Lipinski definition) is 8. The Bertz CT molecular complexity index is 1220. The quantitative estimate of drug-likeness (QED) is 0.458. The minimum atomic E-state index is -4.38. The Kier molecular flexibility index (Phi) is 6.58. The van der Waals surface area contributed by atoms with Crippen molar-refractivity contribution in [3.05, 3.63) is 80.3 Å². The van der Waals surface area contributed by atoms with Crippen LogP contribution in [0.25, 0.3) is 0 Å². The summed E-state index contributed by atoms with van der Waals surface area (Å²) in [5.41, 5.74) is -1.05. The monoisotopic (exact) mass is 476 g/mol. The van der Waals surface area contributed by atoms with Crippen molar-refractivity contribution in [1.29, 1.82) is 0 Å². The number of rotatable bonds is 7. The van der Waals surface area contributed by atoms with Gasteiger partial charge in [-0.15, -0.1) is 0 Å². The predicted molar refractivity (Wildman–Crippen MR) is 121 cm³/mol. The molecule has 1 aliphatic rings. The van der Waals surface area contributed by atoms with E-state index in [-0.39, 0.29) is 23.8 Å². The molecule has 0 aliphatic carbocycles. The zero-order valence-electron chi connectivity index (χ0n) is 18.3. The van der Waals surface area contributed by atoms with Crippen molar-refractivity contribution in [3.63, 3.8) is 0 Å². The zero-order chi connectivity index (χ0) is 24.4. The second-order valence-corrected chi connectivity index (χ2v) is 10.1. The molecule has 0 saturated heterocycles. The van der Waals surface area contributed by atoms with Gasteiger partial charge in [-0.05, 0) is 45.7 Å². The van der Waals surface area contributed by atoms with Crippen molar-refractivity contribution < 1.29 is 23.0 Å². The summed E-state index contributed by atoms with van der Waals surface area (Å²) >= 11 is 0. The Morgan fingerprint density at radius 3 is 2.15 bits per heavy atom. The van der Waals surface area contributed by atoms with E-state index in [2.05, 4.69) is 5.32 Å². The number of benzene rings is 2.